The molecule has 2 atom stereocenters. The Balaban J connectivity index is 1.45. The Hall–Kier alpha value is -3.68. The number of aryl methyl sites for hydroxylation is 1. The molecule has 3 aromatic rings. The number of carbonyl (C=O) groups excluding carboxylic acids is 3. The molecule has 2 aromatic carbocycles. The number of aromatic nitrogens is 2. The van der Waals surface area contributed by atoms with E-state index in [2.05, 4.69) is 15.7 Å². The number of nitrogens with zero attached hydrogens (tertiary/aromatic N) is 3. The van der Waals surface area contributed by atoms with Crippen molar-refractivity contribution in [2.45, 2.75) is 38.3 Å². The van der Waals surface area contributed by atoms with E-state index in [1.165, 1.54) is 0 Å². The molecule has 1 aromatic heterocycles. The Morgan fingerprint density at radius 3 is 2.60 bits per heavy atom. The van der Waals surface area contributed by atoms with Crippen LogP contribution in [0.15, 0.2) is 60.9 Å². The summed E-state index contributed by atoms with van der Waals surface area (Å²) in [5.74, 6) is -0.951. The first-order chi connectivity index (χ1) is 14.4. The van der Waals surface area contributed by atoms with Gasteiger partial charge in [0.25, 0.3) is 11.8 Å². The summed E-state index contributed by atoms with van der Waals surface area (Å²) >= 11 is 0. The number of amides is 4. The van der Waals surface area contributed by atoms with E-state index in [1.807, 2.05) is 54.6 Å². The monoisotopic (exact) mass is 405 g/mol. The van der Waals surface area contributed by atoms with Crippen molar-refractivity contribution in [1.29, 1.82) is 0 Å². The van der Waals surface area contributed by atoms with Crippen LogP contribution in [0.2, 0.25) is 0 Å². The highest BCUT2D eigenvalue weighted by Crippen LogP contribution is 2.23. The normalized spacial score (nSPS) is 19.7. The van der Waals surface area contributed by atoms with E-state index >= 15 is 0 Å². The lowest BCUT2D eigenvalue weighted by Gasteiger charge is -2.22. The first kappa shape index (κ1) is 19.6. The number of imide groups is 1. The largest absolute Gasteiger partial charge is 0.344 e. The van der Waals surface area contributed by atoms with Gasteiger partial charge in [-0.25, -0.2) is 9.78 Å². The number of carbonyl (C=O) groups is 3. The molecule has 8 heteroatoms. The van der Waals surface area contributed by atoms with Gasteiger partial charge in [-0.15, -0.1) is 0 Å². The highest BCUT2D eigenvalue weighted by molar-refractivity contribution is 6.07. The maximum absolute atomic E-state index is 12.9. The zero-order valence-corrected chi connectivity index (χ0v) is 16.8. The lowest BCUT2D eigenvalue weighted by Crippen LogP contribution is -2.50. The number of benzene rings is 2. The van der Waals surface area contributed by atoms with Gasteiger partial charge in [-0.05, 0) is 44.4 Å². The first-order valence-corrected chi connectivity index (χ1v) is 9.82. The Labute approximate surface area is 173 Å². The molecular formula is C22H23N5O3. The van der Waals surface area contributed by atoms with Crippen LogP contribution >= 0.6 is 0 Å². The summed E-state index contributed by atoms with van der Waals surface area (Å²) in [4.78, 5) is 42.4. The number of imidazole rings is 1. The second-order valence-corrected chi connectivity index (χ2v) is 7.68. The Morgan fingerprint density at radius 2 is 1.83 bits per heavy atom. The van der Waals surface area contributed by atoms with Crippen molar-refractivity contribution in [2.24, 2.45) is 0 Å². The third-order valence-corrected chi connectivity index (χ3v) is 5.52. The molecule has 154 valence electrons. The Bertz CT molecular complexity index is 1110. The summed E-state index contributed by atoms with van der Waals surface area (Å²) in [6.45, 7) is 3.37. The van der Waals surface area contributed by atoms with Gasteiger partial charge >= 0.3 is 6.03 Å². The maximum atomic E-state index is 12.9. The SMILES string of the molecule is C[C@@H](C(=O)NN1C(=O)N[C@@](C)(CCc2ccccc2)C1=O)n1cnc2ccccc21. The lowest BCUT2D eigenvalue weighted by atomic mass is 9.93. The van der Waals surface area contributed by atoms with E-state index in [9.17, 15) is 14.4 Å². The second-order valence-electron chi connectivity index (χ2n) is 7.68. The van der Waals surface area contributed by atoms with E-state index < -0.39 is 29.4 Å². The maximum Gasteiger partial charge on any atom is 0.344 e. The van der Waals surface area contributed by atoms with Crippen molar-refractivity contribution >= 4 is 28.9 Å². The van der Waals surface area contributed by atoms with Crippen molar-refractivity contribution in [3.05, 3.63) is 66.5 Å². The fourth-order valence-corrected chi connectivity index (χ4v) is 3.61. The summed E-state index contributed by atoms with van der Waals surface area (Å²) in [6, 6.07) is 15.9. The molecule has 0 radical (unpaired) electrons. The molecular weight excluding hydrogens is 382 g/mol. The molecule has 2 heterocycles. The third-order valence-electron chi connectivity index (χ3n) is 5.52. The third kappa shape index (κ3) is 3.52. The van der Waals surface area contributed by atoms with Crippen molar-refractivity contribution < 1.29 is 14.4 Å². The predicted molar refractivity (Wildman–Crippen MR) is 111 cm³/mol. The van der Waals surface area contributed by atoms with E-state index in [0.717, 1.165) is 21.6 Å². The minimum atomic E-state index is -1.08. The molecule has 4 amide bonds. The fourth-order valence-electron chi connectivity index (χ4n) is 3.61. The molecule has 1 saturated heterocycles. The smallest absolute Gasteiger partial charge is 0.322 e. The average Bonchev–Trinajstić information content (AvgIpc) is 3.27. The lowest BCUT2D eigenvalue weighted by molar-refractivity contribution is -0.139. The second kappa shape index (κ2) is 7.62. The van der Waals surface area contributed by atoms with Gasteiger partial charge in [0.05, 0.1) is 17.4 Å². The number of hydrazine groups is 1. The molecule has 1 fully saturated rings. The van der Waals surface area contributed by atoms with Crippen LogP contribution in [0.1, 0.15) is 31.9 Å². The van der Waals surface area contributed by atoms with E-state index in [-0.39, 0.29) is 0 Å². The molecule has 30 heavy (non-hydrogen) atoms. The Morgan fingerprint density at radius 1 is 1.13 bits per heavy atom. The van der Waals surface area contributed by atoms with Crippen LogP contribution in [0.4, 0.5) is 4.79 Å². The molecule has 0 aliphatic carbocycles. The summed E-state index contributed by atoms with van der Waals surface area (Å²) in [5.41, 5.74) is 4.02. The predicted octanol–water partition coefficient (Wildman–Crippen LogP) is 2.57. The molecule has 0 spiro atoms. The number of nitrogens with one attached hydrogen (secondary N) is 2. The van der Waals surface area contributed by atoms with Crippen LogP contribution in [0.3, 0.4) is 0 Å². The van der Waals surface area contributed by atoms with Gasteiger partial charge in [-0.3, -0.25) is 15.0 Å². The number of fused-ring (bicyclic) bond motifs is 1. The molecule has 2 N–H and O–H groups in total. The number of hydrogen-bond acceptors (Lipinski definition) is 4. The highest BCUT2D eigenvalue weighted by Gasteiger charge is 2.48. The number of urea groups is 1. The number of rotatable bonds is 6. The van der Waals surface area contributed by atoms with Crippen LogP contribution in [-0.4, -0.2) is 37.9 Å². The van der Waals surface area contributed by atoms with Gasteiger partial charge in [0.15, 0.2) is 0 Å². The molecule has 8 nitrogen and oxygen atoms in total. The summed E-state index contributed by atoms with van der Waals surface area (Å²) in [7, 11) is 0. The first-order valence-electron chi connectivity index (χ1n) is 9.82. The zero-order chi connectivity index (χ0) is 21.3. The van der Waals surface area contributed by atoms with Gasteiger partial charge in [0.2, 0.25) is 0 Å². The van der Waals surface area contributed by atoms with Crippen LogP contribution in [0.25, 0.3) is 11.0 Å². The minimum Gasteiger partial charge on any atom is -0.322 e. The van der Waals surface area contributed by atoms with E-state index in [4.69, 9.17) is 0 Å². The molecule has 1 aliphatic rings. The molecule has 0 unspecified atom stereocenters. The Kier molecular flexibility index (Phi) is 4.99. The summed E-state index contributed by atoms with van der Waals surface area (Å²) in [5, 5.41) is 3.49. The summed E-state index contributed by atoms with van der Waals surface area (Å²) < 4.78 is 1.71. The number of hydrogen-bond donors (Lipinski definition) is 2. The van der Waals surface area contributed by atoms with Crippen molar-refractivity contribution in [2.75, 3.05) is 0 Å². The van der Waals surface area contributed by atoms with Gasteiger partial charge in [0, 0.05) is 0 Å². The zero-order valence-electron chi connectivity index (χ0n) is 16.8. The highest BCUT2D eigenvalue weighted by atomic mass is 16.2. The molecule has 0 saturated carbocycles. The summed E-state index contributed by atoms with van der Waals surface area (Å²) in [6.07, 6.45) is 2.63. The van der Waals surface area contributed by atoms with E-state index in [0.29, 0.717) is 12.8 Å². The van der Waals surface area contributed by atoms with Gasteiger partial charge < -0.3 is 9.88 Å². The molecule has 0 bridgehead atoms. The van der Waals surface area contributed by atoms with Gasteiger partial charge in [-0.2, -0.15) is 5.01 Å². The molecule has 1 aliphatic heterocycles. The number of para-hydroxylation sites is 2. The average molecular weight is 405 g/mol. The van der Waals surface area contributed by atoms with Gasteiger partial charge in [-0.1, -0.05) is 42.5 Å². The minimum absolute atomic E-state index is 0.426. The van der Waals surface area contributed by atoms with Crippen LogP contribution in [0.5, 0.6) is 0 Å². The van der Waals surface area contributed by atoms with Crippen LogP contribution in [-0.2, 0) is 16.0 Å². The van der Waals surface area contributed by atoms with Crippen LogP contribution in [0, 0.1) is 0 Å². The topological polar surface area (TPSA) is 96.3 Å². The fraction of sp³-hybridized carbons (Fsp3) is 0.273. The van der Waals surface area contributed by atoms with E-state index in [1.54, 1.807) is 24.7 Å². The van der Waals surface area contributed by atoms with Crippen molar-refractivity contribution in [1.82, 2.24) is 25.3 Å². The molecule has 4 rings (SSSR count). The van der Waals surface area contributed by atoms with Crippen molar-refractivity contribution in [3.63, 3.8) is 0 Å². The quantitative estimate of drug-likeness (QED) is 0.616. The standard InChI is InChI=1S/C22H23N5O3/c1-15(26-14-23-17-10-6-7-11-18(17)26)19(28)25-27-20(29)22(2,24-21(27)30)13-12-16-8-4-3-5-9-16/h3-11,14-15H,12-13H2,1-2H3,(H,24,30)(H,25,28)/t15-,22-/m0/s1. The van der Waals surface area contributed by atoms with Crippen LogP contribution < -0.4 is 10.7 Å². The van der Waals surface area contributed by atoms with Crippen molar-refractivity contribution in [3.8, 4) is 0 Å². The van der Waals surface area contributed by atoms with Gasteiger partial charge in [0.1, 0.15) is 11.6 Å².